The molecular weight excluding hydrogens is 342 g/mol. The third kappa shape index (κ3) is 20.4. The highest BCUT2D eigenvalue weighted by molar-refractivity contribution is 5.25. The fraction of sp³-hybridized carbons (Fsp3) is 0.600. The van der Waals surface area contributed by atoms with Crippen molar-refractivity contribution in [3.63, 3.8) is 0 Å². The van der Waals surface area contributed by atoms with E-state index in [1.54, 1.807) is 12.3 Å². The van der Waals surface area contributed by atoms with E-state index in [1.165, 1.54) is 31.3 Å². The van der Waals surface area contributed by atoms with Crippen molar-refractivity contribution in [2.24, 2.45) is 11.8 Å². The number of aryl methyl sites for hydroxylation is 1. The van der Waals surface area contributed by atoms with Crippen LogP contribution in [-0.4, -0.2) is 18.6 Å². The summed E-state index contributed by atoms with van der Waals surface area (Å²) in [5.41, 5.74) is 2.80. The average Bonchev–Trinajstić information content (AvgIpc) is 2.70. The SMILES string of the molecule is C=C(C)CCNC.CCC(C)C/C=C\CC(C)CC.Cc1ccc(C#N)cn1. The summed E-state index contributed by atoms with van der Waals surface area (Å²) in [4.78, 5) is 3.93. The van der Waals surface area contributed by atoms with Crippen molar-refractivity contribution < 1.29 is 0 Å². The first kappa shape index (κ1) is 28.3. The van der Waals surface area contributed by atoms with Crippen LogP contribution < -0.4 is 5.32 Å². The Morgan fingerprint density at radius 2 is 1.71 bits per heavy atom. The maximum atomic E-state index is 8.34. The summed E-state index contributed by atoms with van der Waals surface area (Å²) < 4.78 is 0. The molecule has 0 aliphatic carbocycles. The average molecular weight is 386 g/mol. The van der Waals surface area contributed by atoms with Crippen LogP contribution in [0.1, 0.15) is 78.0 Å². The van der Waals surface area contributed by atoms with Gasteiger partial charge in [0.1, 0.15) is 6.07 Å². The minimum atomic E-state index is 0.612. The highest BCUT2D eigenvalue weighted by atomic mass is 14.8. The monoisotopic (exact) mass is 385 g/mol. The zero-order valence-corrected chi connectivity index (χ0v) is 19.4. The molecule has 1 aromatic heterocycles. The highest BCUT2D eigenvalue weighted by Crippen LogP contribution is 2.10. The third-order valence-electron chi connectivity index (χ3n) is 4.48. The second kappa shape index (κ2) is 19.8. The molecule has 0 amide bonds. The molecule has 1 rings (SSSR count). The first-order chi connectivity index (χ1) is 13.3. The fourth-order valence-corrected chi connectivity index (χ4v) is 1.86. The van der Waals surface area contributed by atoms with E-state index in [0.29, 0.717) is 5.56 Å². The Morgan fingerprint density at radius 1 is 1.18 bits per heavy atom. The smallest absolute Gasteiger partial charge is 0.101 e. The van der Waals surface area contributed by atoms with Crippen LogP contribution in [0.2, 0.25) is 0 Å². The first-order valence-electron chi connectivity index (χ1n) is 10.6. The van der Waals surface area contributed by atoms with Crippen molar-refractivity contribution in [1.82, 2.24) is 10.3 Å². The van der Waals surface area contributed by atoms with Gasteiger partial charge in [0, 0.05) is 11.9 Å². The largest absolute Gasteiger partial charge is 0.319 e. The summed E-state index contributed by atoms with van der Waals surface area (Å²) in [6, 6.07) is 5.56. The highest BCUT2D eigenvalue weighted by Gasteiger charge is 1.95. The maximum Gasteiger partial charge on any atom is 0.101 e. The van der Waals surface area contributed by atoms with Gasteiger partial charge in [0.2, 0.25) is 0 Å². The van der Waals surface area contributed by atoms with Crippen LogP contribution in [0.15, 0.2) is 42.6 Å². The van der Waals surface area contributed by atoms with Gasteiger partial charge < -0.3 is 5.32 Å². The van der Waals surface area contributed by atoms with E-state index >= 15 is 0 Å². The standard InChI is InChI=1S/C12H24.C7H6N2.C6H13N/c1-5-11(3)9-7-8-10-12(4)6-2;1-6-2-3-7(4-8)5-9-6;1-6(2)4-5-7-3/h7-8,11-12H,5-6,9-10H2,1-4H3;2-3,5H,1H3;7H,1,4-5H2,2-3H3/b8-7-;;. The lowest BCUT2D eigenvalue weighted by Gasteiger charge is -2.04. The van der Waals surface area contributed by atoms with Gasteiger partial charge in [0.25, 0.3) is 0 Å². The lowest BCUT2D eigenvalue weighted by atomic mass is 10.0. The van der Waals surface area contributed by atoms with Crippen LogP contribution in [0.5, 0.6) is 0 Å². The molecule has 0 saturated heterocycles. The zero-order valence-electron chi connectivity index (χ0n) is 19.4. The number of hydrogen-bond donors (Lipinski definition) is 1. The van der Waals surface area contributed by atoms with Crippen molar-refractivity contribution in [2.75, 3.05) is 13.6 Å². The summed E-state index contributed by atoms with van der Waals surface area (Å²) >= 11 is 0. The minimum Gasteiger partial charge on any atom is -0.319 e. The van der Waals surface area contributed by atoms with Gasteiger partial charge in [-0.1, -0.05) is 58.3 Å². The number of pyridine rings is 1. The van der Waals surface area contributed by atoms with Crippen LogP contribution in [0.3, 0.4) is 0 Å². The van der Waals surface area contributed by atoms with Crippen molar-refractivity contribution in [3.8, 4) is 6.07 Å². The quantitative estimate of drug-likeness (QED) is 0.473. The molecule has 1 heterocycles. The van der Waals surface area contributed by atoms with Crippen LogP contribution in [0.25, 0.3) is 0 Å². The van der Waals surface area contributed by atoms with E-state index < -0.39 is 0 Å². The van der Waals surface area contributed by atoms with Crippen molar-refractivity contribution in [3.05, 3.63) is 53.9 Å². The number of aromatic nitrogens is 1. The Balaban J connectivity index is 0. The summed E-state index contributed by atoms with van der Waals surface area (Å²) in [7, 11) is 1.95. The molecule has 1 aromatic rings. The number of hydrogen-bond acceptors (Lipinski definition) is 3. The van der Waals surface area contributed by atoms with E-state index in [4.69, 9.17) is 5.26 Å². The second-order valence-electron chi connectivity index (χ2n) is 7.58. The Hall–Kier alpha value is -1.92. The lowest BCUT2D eigenvalue weighted by Crippen LogP contribution is -2.06. The van der Waals surface area contributed by atoms with E-state index in [0.717, 1.165) is 30.5 Å². The molecule has 2 unspecified atom stereocenters. The molecular formula is C25H43N3. The van der Waals surface area contributed by atoms with Gasteiger partial charge in [-0.3, -0.25) is 4.98 Å². The molecule has 0 saturated carbocycles. The predicted molar refractivity (Wildman–Crippen MR) is 124 cm³/mol. The molecule has 0 fully saturated rings. The summed E-state index contributed by atoms with van der Waals surface area (Å²) in [5, 5.41) is 11.4. The minimum absolute atomic E-state index is 0.612. The molecule has 0 aromatic carbocycles. The van der Waals surface area contributed by atoms with E-state index in [-0.39, 0.29) is 0 Å². The van der Waals surface area contributed by atoms with Gasteiger partial charge in [0.05, 0.1) is 5.56 Å². The number of allylic oxidation sites excluding steroid dienone is 2. The number of rotatable bonds is 9. The summed E-state index contributed by atoms with van der Waals surface area (Å²) in [6.45, 7) is 17.9. The van der Waals surface area contributed by atoms with Gasteiger partial charge in [-0.05, 0) is 70.7 Å². The molecule has 0 radical (unpaired) electrons. The second-order valence-corrected chi connectivity index (χ2v) is 7.58. The number of nitriles is 1. The molecule has 158 valence electrons. The molecule has 28 heavy (non-hydrogen) atoms. The molecule has 0 spiro atoms. The molecule has 0 aliphatic heterocycles. The Labute approximate surface area is 175 Å². The van der Waals surface area contributed by atoms with E-state index in [2.05, 4.69) is 56.7 Å². The Bertz CT molecular complexity index is 538. The fourth-order valence-electron chi connectivity index (χ4n) is 1.86. The Kier molecular flexibility index (Phi) is 20.0. The van der Waals surface area contributed by atoms with Gasteiger partial charge in [0.15, 0.2) is 0 Å². The molecule has 0 aliphatic rings. The van der Waals surface area contributed by atoms with Crippen LogP contribution in [-0.2, 0) is 0 Å². The van der Waals surface area contributed by atoms with Crippen molar-refractivity contribution >= 4 is 0 Å². The molecule has 2 atom stereocenters. The van der Waals surface area contributed by atoms with Gasteiger partial charge in [-0.25, -0.2) is 0 Å². The van der Waals surface area contributed by atoms with Crippen molar-refractivity contribution in [2.45, 2.75) is 73.6 Å². The van der Waals surface area contributed by atoms with Crippen LogP contribution >= 0.6 is 0 Å². The summed E-state index contributed by atoms with van der Waals surface area (Å²) in [6.07, 6.45) is 12.5. The van der Waals surface area contributed by atoms with Gasteiger partial charge in [-0.2, -0.15) is 5.26 Å². The maximum absolute atomic E-state index is 8.34. The first-order valence-corrected chi connectivity index (χ1v) is 10.6. The molecule has 0 bridgehead atoms. The topological polar surface area (TPSA) is 48.7 Å². The Morgan fingerprint density at radius 3 is 2.00 bits per heavy atom. The van der Waals surface area contributed by atoms with Crippen LogP contribution in [0, 0.1) is 30.1 Å². The third-order valence-corrected chi connectivity index (χ3v) is 4.48. The predicted octanol–water partition coefficient (Wildman–Crippen LogP) is 6.85. The van der Waals surface area contributed by atoms with Crippen molar-refractivity contribution in [1.29, 1.82) is 5.26 Å². The lowest BCUT2D eigenvalue weighted by molar-refractivity contribution is 0.557. The summed E-state index contributed by atoms with van der Waals surface area (Å²) in [5.74, 6) is 1.72. The van der Waals surface area contributed by atoms with Gasteiger partial charge in [-0.15, -0.1) is 6.58 Å². The van der Waals surface area contributed by atoms with Gasteiger partial charge >= 0.3 is 0 Å². The van der Waals surface area contributed by atoms with Crippen LogP contribution in [0.4, 0.5) is 0 Å². The number of nitrogens with one attached hydrogen (secondary N) is 1. The molecule has 1 N–H and O–H groups in total. The number of nitrogens with zero attached hydrogens (tertiary/aromatic N) is 2. The normalized spacial score (nSPS) is 12.1. The van der Waals surface area contributed by atoms with E-state index in [9.17, 15) is 0 Å². The van der Waals surface area contributed by atoms with E-state index in [1.807, 2.05) is 33.0 Å². The zero-order chi connectivity index (χ0) is 21.8. The molecule has 3 nitrogen and oxygen atoms in total. The molecule has 3 heteroatoms.